The highest BCUT2D eigenvalue weighted by molar-refractivity contribution is 6.31. The van der Waals surface area contributed by atoms with Crippen molar-refractivity contribution in [1.82, 2.24) is 10.0 Å². The van der Waals surface area contributed by atoms with Gasteiger partial charge in [0.25, 0.3) is 17.7 Å². The first kappa shape index (κ1) is 20.9. The molecule has 4 rings (SSSR count). The number of carbonyl (C=O) groups excluding carboxylic acids is 3. The Morgan fingerprint density at radius 3 is 2.37 bits per heavy atom. The molecule has 1 aliphatic heterocycles. The number of hydrogen-bond acceptors (Lipinski definition) is 3. The molecule has 1 saturated carbocycles. The van der Waals surface area contributed by atoms with Crippen LogP contribution >= 0.6 is 23.2 Å². The zero-order chi connectivity index (χ0) is 21.4. The van der Waals surface area contributed by atoms with E-state index in [9.17, 15) is 14.4 Å². The van der Waals surface area contributed by atoms with E-state index >= 15 is 0 Å². The molecule has 2 aliphatic rings. The van der Waals surface area contributed by atoms with Gasteiger partial charge < -0.3 is 0 Å². The lowest BCUT2D eigenvalue weighted by Crippen LogP contribution is -2.49. The fourth-order valence-electron chi connectivity index (χ4n) is 4.37. The fourth-order valence-corrected chi connectivity index (χ4v) is 4.69. The maximum atomic E-state index is 13.4. The molecule has 7 heteroatoms. The van der Waals surface area contributed by atoms with Crippen molar-refractivity contribution in [2.45, 2.75) is 32.7 Å². The topological polar surface area (TPSA) is 57.7 Å². The van der Waals surface area contributed by atoms with Gasteiger partial charge in [-0.1, -0.05) is 48.3 Å². The van der Waals surface area contributed by atoms with E-state index in [1.54, 1.807) is 48.5 Å². The van der Waals surface area contributed by atoms with Crippen LogP contribution in [0.25, 0.3) is 0 Å². The Balaban J connectivity index is 1.72. The second-order valence-electron chi connectivity index (χ2n) is 8.08. The monoisotopic (exact) mass is 444 g/mol. The molecule has 0 aromatic heterocycles. The minimum absolute atomic E-state index is 0.0214. The number of fused-ring (bicyclic) bond motifs is 1. The normalized spacial score (nSPS) is 23.4. The zero-order valence-corrected chi connectivity index (χ0v) is 18.1. The van der Waals surface area contributed by atoms with Crippen molar-refractivity contribution >= 4 is 40.9 Å². The number of benzene rings is 2. The van der Waals surface area contributed by atoms with E-state index in [0.717, 1.165) is 11.4 Å². The van der Waals surface area contributed by atoms with Gasteiger partial charge in [0.15, 0.2) is 0 Å². The number of rotatable bonds is 4. The summed E-state index contributed by atoms with van der Waals surface area (Å²) in [6.45, 7) is 2.12. The first-order chi connectivity index (χ1) is 14.4. The third-order valence-electron chi connectivity index (χ3n) is 6.01. The van der Waals surface area contributed by atoms with Gasteiger partial charge in [-0.3, -0.25) is 14.4 Å². The zero-order valence-electron chi connectivity index (χ0n) is 16.6. The largest absolute Gasteiger partial charge is 0.273 e. The smallest absolute Gasteiger partial charge is 0.272 e. The minimum atomic E-state index is -0.444. The maximum absolute atomic E-state index is 13.4. The second-order valence-corrected chi connectivity index (χ2v) is 8.92. The van der Waals surface area contributed by atoms with E-state index in [1.165, 1.54) is 5.01 Å². The number of carbonyl (C=O) groups is 3. The summed E-state index contributed by atoms with van der Waals surface area (Å²) >= 11 is 12.3. The van der Waals surface area contributed by atoms with Crippen LogP contribution < -0.4 is 0 Å². The predicted octanol–water partition coefficient (Wildman–Crippen LogP) is 4.97. The molecule has 0 unspecified atom stereocenters. The molecule has 0 N–H and O–H groups in total. The molecule has 2 fully saturated rings. The summed E-state index contributed by atoms with van der Waals surface area (Å²) in [4.78, 5) is 39.9. The number of amides is 3. The molecule has 3 amide bonds. The van der Waals surface area contributed by atoms with Crippen LogP contribution in [0.1, 0.15) is 42.1 Å². The number of nitrogens with zero attached hydrogens (tertiary/aromatic N) is 2. The van der Waals surface area contributed by atoms with Crippen molar-refractivity contribution in [2.75, 3.05) is 0 Å². The quantitative estimate of drug-likeness (QED) is 0.625. The highest BCUT2D eigenvalue weighted by Gasteiger charge is 2.52. The third-order valence-corrected chi connectivity index (χ3v) is 6.63. The van der Waals surface area contributed by atoms with E-state index in [1.807, 2.05) is 0 Å². The van der Waals surface area contributed by atoms with Gasteiger partial charge in [0, 0.05) is 15.6 Å². The lowest BCUT2D eigenvalue weighted by molar-refractivity contribution is -0.155. The summed E-state index contributed by atoms with van der Waals surface area (Å²) in [6, 6.07) is 13.5. The lowest BCUT2D eigenvalue weighted by Gasteiger charge is -2.31. The van der Waals surface area contributed by atoms with Crippen molar-refractivity contribution in [1.29, 1.82) is 0 Å². The summed E-state index contributed by atoms with van der Waals surface area (Å²) in [6.07, 6.45) is 2.24. The molecule has 2 aromatic carbocycles. The Bertz CT molecular complexity index is 992. The number of hydrogen-bond donors (Lipinski definition) is 0. The molecule has 1 aliphatic carbocycles. The number of imide groups is 1. The summed E-state index contributed by atoms with van der Waals surface area (Å²) in [5.41, 5.74) is 1.00. The molecule has 2 aromatic rings. The Kier molecular flexibility index (Phi) is 5.85. The molecular weight excluding hydrogens is 423 g/mol. The number of hydrazine groups is 1. The SMILES string of the molecule is C[C@@H]1CC[C@H]2C(=O)N(N(Cc3ccccc3Cl)C(=O)c3ccc(Cl)cc3)C(=O)[C@H]2C1. The van der Waals surface area contributed by atoms with Crippen molar-refractivity contribution in [3.05, 3.63) is 69.7 Å². The van der Waals surface area contributed by atoms with Crippen molar-refractivity contribution < 1.29 is 14.4 Å². The Hall–Kier alpha value is -2.37. The number of halogens is 2. The van der Waals surface area contributed by atoms with E-state index in [2.05, 4.69) is 6.92 Å². The van der Waals surface area contributed by atoms with E-state index < -0.39 is 5.91 Å². The molecule has 3 atom stereocenters. The summed E-state index contributed by atoms with van der Waals surface area (Å²) < 4.78 is 0. The lowest BCUT2D eigenvalue weighted by atomic mass is 9.76. The summed E-state index contributed by atoms with van der Waals surface area (Å²) in [5.74, 6) is -1.39. The molecule has 1 saturated heterocycles. The molecular formula is C23H22Cl2N2O3. The highest BCUT2D eigenvalue weighted by atomic mass is 35.5. The van der Waals surface area contributed by atoms with E-state index in [0.29, 0.717) is 39.9 Å². The first-order valence-electron chi connectivity index (χ1n) is 10.1. The Labute approximate surface area is 185 Å². The highest BCUT2D eigenvalue weighted by Crippen LogP contribution is 2.41. The van der Waals surface area contributed by atoms with Crippen LogP contribution in [0.4, 0.5) is 0 Å². The second kappa shape index (κ2) is 8.40. The predicted molar refractivity (Wildman–Crippen MR) is 115 cm³/mol. The van der Waals surface area contributed by atoms with Gasteiger partial charge in [0.05, 0.1) is 18.4 Å². The molecule has 0 radical (unpaired) electrons. The molecule has 0 bridgehead atoms. The van der Waals surface area contributed by atoms with Gasteiger partial charge >= 0.3 is 0 Å². The summed E-state index contributed by atoms with van der Waals surface area (Å²) in [7, 11) is 0. The van der Waals surface area contributed by atoms with Crippen LogP contribution in [-0.4, -0.2) is 27.7 Å². The van der Waals surface area contributed by atoms with Gasteiger partial charge in [-0.2, -0.15) is 5.01 Å². The van der Waals surface area contributed by atoms with Gasteiger partial charge in [0.1, 0.15) is 0 Å². The van der Waals surface area contributed by atoms with Crippen LogP contribution in [-0.2, 0) is 16.1 Å². The van der Waals surface area contributed by atoms with Crippen molar-refractivity contribution in [3.63, 3.8) is 0 Å². The van der Waals surface area contributed by atoms with Gasteiger partial charge in [-0.25, -0.2) is 5.01 Å². The summed E-state index contributed by atoms with van der Waals surface area (Å²) in [5, 5.41) is 3.26. The Morgan fingerprint density at radius 1 is 1.00 bits per heavy atom. The van der Waals surface area contributed by atoms with E-state index in [-0.39, 0.29) is 30.2 Å². The molecule has 0 spiro atoms. The van der Waals surface area contributed by atoms with Gasteiger partial charge in [0.2, 0.25) is 0 Å². The standard InChI is InChI=1S/C23H22Cl2N2O3/c1-14-6-11-18-19(12-14)23(30)27(22(18)29)26(13-16-4-2-3-5-20(16)25)21(28)15-7-9-17(24)10-8-15/h2-5,7-10,14,18-19H,6,11-13H2,1H3/t14-,18-,19+/m1/s1. The maximum Gasteiger partial charge on any atom is 0.273 e. The minimum Gasteiger partial charge on any atom is -0.272 e. The van der Waals surface area contributed by atoms with Crippen molar-refractivity contribution in [2.24, 2.45) is 17.8 Å². The molecule has 156 valence electrons. The van der Waals surface area contributed by atoms with Crippen LogP contribution in [0.3, 0.4) is 0 Å². The van der Waals surface area contributed by atoms with Gasteiger partial charge in [-0.15, -0.1) is 0 Å². The van der Waals surface area contributed by atoms with Crippen LogP contribution in [0.5, 0.6) is 0 Å². The average molecular weight is 445 g/mol. The van der Waals surface area contributed by atoms with Crippen molar-refractivity contribution in [3.8, 4) is 0 Å². The molecule has 1 heterocycles. The average Bonchev–Trinajstić information content (AvgIpc) is 2.97. The molecule has 5 nitrogen and oxygen atoms in total. The Morgan fingerprint density at radius 2 is 1.67 bits per heavy atom. The fraction of sp³-hybridized carbons (Fsp3) is 0.348. The first-order valence-corrected chi connectivity index (χ1v) is 10.8. The van der Waals surface area contributed by atoms with Gasteiger partial charge in [-0.05, 0) is 61.1 Å². The third kappa shape index (κ3) is 3.84. The van der Waals surface area contributed by atoms with Crippen LogP contribution in [0.15, 0.2) is 48.5 Å². The molecule has 30 heavy (non-hydrogen) atoms. The van der Waals surface area contributed by atoms with Crippen LogP contribution in [0.2, 0.25) is 10.0 Å². The van der Waals surface area contributed by atoms with E-state index in [4.69, 9.17) is 23.2 Å². The van der Waals surface area contributed by atoms with Crippen LogP contribution in [0, 0.1) is 17.8 Å².